The summed E-state index contributed by atoms with van der Waals surface area (Å²) in [5.41, 5.74) is 1.94. The van der Waals surface area contributed by atoms with Gasteiger partial charge in [0.15, 0.2) is 6.61 Å². The molecular weight excluding hydrogens is 216 g/mol. The second kappa shape index (κ2) is 4.88. The zero-order chi connectivity index (χ0) is 12.3. The van der Waals surface area contributed by atoms with Crippen LogP contribution in [0.5, 0.6) is 5.75 Å². The summed E-state index contributed by atoms with van der Waals surface area (Å²) in [6.07, 6.45) is 1.25. The monoisotopic (exact) mass is 230 g/mol. The Balaban J connectivity index is 2.35. The Bertz CT molecular complexity index is 477. The lowest BCUT2D eigenvalue weighted by molar-refractivity contribution is -0.121. The van der Waals surface area contributed by atoms with Crippen molar-refractivity contribution in [1.29, 1.82) is 5.26 Å². The molecule has 2 rings (SSSR count). The molecule has 0 saturated heterocycles. The summed E-state index contributed by atoms with van der Waals surface area (Å²) >= 11 is 0. The second-order valence-electron chi connectivity index (χ2n) is 3.90. The number of aryl methyl sites for hydroxylation is 1. The topological polar surface area (TPSA) is 53.3 Å². The molecular formula is C13H14N2O2. The highest BCUT2D eigenvalue weighted by Gasteiger charge is 2.25. The zero-order valence-electron chi connectivity index (χ0n) is 9.77. The van der Waals surface area contributed by atoms with Crippen molar-refractivity contribution < 1.29 is 9.53 Å². The van der Waals surface area contributed by atoms with Gasteiger partial charge in [-0.2, -0.15) is 5.26 Å². The van der Waals surface area contributed by atoms with Gasteiger partial charge in [-0.1, -0.05) is 13.0 Å². The molecule has 1 aromatic rings. The number of carbonyl (C=O) groups excluding carboxylic acids is 1. The minimum atomic E-state index is -0.0824. The molecule has 1 heterocycles. The van der Waals surface area contributed by atoms with Gasteiger partial charge in [-0.25, -0.2) is 0 Å². The normalized spacial score (nSPS) is 13.9. The summed E-state index contributed by atoms with van der Waals surface area (Å²) in [7, 11) is 0. The summed E-state index contributed by atoms with van der Waals surface area (Å²) in [5, 5.41) is 8.61. The Morgan fingerprint density at radius 1 is 1.53 bits per heavy atom. The molecule has 0 N–H and O–H groups in total. The summed E-state index contributed by atoms with van der Waals surface area (Å²) in [6, 6.07) is 7.91. The van der Waals surface area contributed by atoms with Crippen molar-refractivity contribution in [3.63, 3.8) is 0 Å². The van der Waals surface area contributed by atoms with Gasteiger partial charge in [-0.3, -0.25) is 4.79 Å². The van der Waals surface area contributed by atoms with Crippen LogP contribution >= 0.6 is 0 Å². The van der Waals surface area contributed by atoms with Crippen molar-refractivity contribution in [2.45, 2.75) is 19.8 Å². The number of nitrogens with zero attached hydrogens (tertiary/aromatic N) is 2. The lowest BCUT2D eigenvalue weighted by Gasteiger charge is -2.29. The molecule has 0 saturated carbocycles. The van der Waals surface area contributed by atoms with E-state index in [4.69, 9.17) is 10.00 Å². The van der Waals surface area contributed by atoms with Gasteiger partial charge in [0.05, 0.1) is 18.2 Å². The summed E-state index contributed by atoms with van der Waals surface area (Å²) in [5.74, 6) is 0.640. The van der Waals surface area contributed by atoms with E-state index in [1.54, 1.807) is 4.90 Å². The van der Waals surface area contributed by atoms with Crippen LogP contribution in [0.1, 0.15) is 18.9 Å². The number of carbonyl (C=O) groups is 1. The minimum Gasteiger partial charge on any atom is -0.482 e. The van der Waals surface area contributed by atoms with Gasteiger partial charge in [0, 0.05) is 6.54 Å². The molecule has 1 aromatic carbocycles. The van der Waals surface area contributed by atoms with Crippen molar-refractivity contribution in [1.82, 2.24) is 0 Å². The Morgan fingerprint density at radius 2 is 2.35 bits per heavy atom. The summed E-state index contributed by atoms with van der Waals surface area (Å²) < 4.78 is 5.37. The predicted octanol–water partition coefficient (Wildman–Crippen LogP) is 1.89. The highest BCUT2D eigenvalue weighted by molar-refractivity contribution is 5.97. The van der Waals surface area contributed by atoms with Crippen LogP contribution in [0.3, 0.4) is 0 Å². The Kier molecular flexibility index (Phi) is 3.29. The molecule has 1 aliphatic heterocycles. The molecule has 17 heavy (non-hydrogen) atoms. The van der Waals surface area contributed by atoms with Crippen molar-refractivity contribution in [3.8, 4) is 11.8 Å². The first-order valence-electron chi connectivity index (χ1n) is 5.69. The molecule has 0 aliphatic carbocycles. The predicted molar refractivity (Wildman–Crippen MR) is 63.9 cm³/mol. The molecule has 0 bridgehead atoms. The first-order valence-corrected chi connectivity index (χ1v) is 5.69. The molecule has 0 radical (unpaired) electrons. The third-order valence-corrected chi connectivity index (χ3v) is 2.82. The van der Waals surface area contributed by atoms with E-state index in [1.807, 2.05) is 18.2 Å². The van der Waals surface area contributed by atoms with E-state index in [0.717, 1.165) is 23.4 Å². The summed E-state index contributed by atoms with van der Waals surface area (Å²) in [6.45, 7) is 2.55. The van der Waals surface area contributed by atoms with E-state index in [-0.39, 0.29) is 12.5 Å². The molecule has 0 fully saturated rings. The van der Waals surface area contributed by atoms with Gasteiger partial charge < -0.3 is 9.64 Å². The summed E-state index contributed by atoms with van der Waals surface area (Å²) in [4.78, 5) is 13.4. The maximum Gasteiger partial charge on any atom is 0.265 e. The number of nitriles is 1. The largest absolute Gasteiger partial charge is 0.482 e. The zero-order valence-corrected chi connectivity index (χ0v) is 9.77. The maximum absolute atomic E-state index is 11.8. The first-order chi connectivity index (χ1) is 8.26. The lowest BCUT2D eigenvalue weighted by Crippen LogP contribution is -2.39. The fourth-order valence-electron chi connectivity index (χ4n) is 1.87. The van der Waals surface area contributed by atoms with E-state index in [0.29, 0.717) is 13.0 Å². The van der Waals surface area contributed by atoms with Gasteiger partial charge in [-0.05, 0) is 24.1 Å². The van der Waals surface area contributed by atoms with Crippen LogP contribution in [-0.2, 0) is 11.2 Å². The number of benzene rings is 1. The molecule has 0 spiro atoms. The Morgan fingerprint density at radius 3 is 3.06 bits per heavy atom. The third kappa shape index (κ3) is 2.23. The fourth-order valence-corrected chi connectivity index (χ4v) is 1.87. The number of fused-ring (bicyclic) bond motifs is 1. The van der Waals surface area contributed by atoms with Gasteiger partial charge in [0.2, 0.25) is 0 Å². The van der Waals surface area contributed by atoms with Crippen molar-refractivity contribution in [3.05, 3.63) is 23.8 Å². The van der Waals surface area contributed by atoms with Crippen molar-refractivity contribution in [2.24, 2.45) is 0 Å². The number of anilines is 1. The Labute approximate surface area is 100 Å². The second-order valence-corrected chi connectivity index (χ2v) is 3.90. The van der Waals surface area contributed by atoms with Gasteiger partial charge in [-0.15, -0.1) is 0 Å². The third-order valence-electron chi connectivity index (χ3n) is 2.82. The van der Waals surface area contributed by atoms with Crippen molar-refractivity contribution in [2.75, 3.05) is 18.1 Å². The molecule has 1 amide bonds. The van der Waals surface area contributed by atoms with Crippen LogP contribution in [-0.4, -0.2) is 19.1 Å². The van der Waals surface area contributed by atoms with Crippen LogP contribution in [0.2, 0.25) is 0 Å². The van der Waals surface area contributed by atoms with E-state index in [2.05, 4.69) is 13.0 Å². The van der Waals surface area contributed by atoms with E-state index in [9.17, 15) is 4.79 Å². The molecule has 0 atom stereocenters. The van der Waals surface area contributed by atoms with Gasteiger partial charge in [0.25, 0.3) is 5.91 Å². The number of hydrogen-bond donors (Lipinski definition) is 0. The molecule has 4 heteroatoms. The van der Waals surface area contributed by atoms with E-state index < -0.39 is 0 Å². The number of ether oxygens (including phenoxy) is 1. The van der Waals surface area contributed by atoms with Crippen LogP contribution < -0.4 is 9.64 Å². The van der Waals surface area contributed by atoms with E-state index >= 15 is 0 Å². The smallest absolute Gasteiger partial charge is 0.265 e. The standard InChI is InChI=1S/C13H14N2O2/c1-2-10-4-5-12-11(8-10)15(7-3-6-14)13(16)9-17-12/h4-5,8H,2-3,7,9H2,1H3. The van der Waals surface area contributed by atoms with Gasteiger partial charge in [0.1, 0.15) is 5.75 Å². The van der Waals surface area contributed by atoms with Crippen LogP contribution in [0.25, 0.3) is 0 Å². The number of rotatable bonds is 3. The van der Waals surface area contributed by atoms with Crippen LogP contribution in [0.4, 0.5) is 5.69 Å². The molecule has 0 unspecified atom stereocenters. The molecule has 88 valence electrons. The van der Waals surface area contributed by atoms with Crippen LogP contribution in [0, 0.1) is 11.3 Å². The molecule has 0 aromatic heterocycles. The lowest BCUT2D eigenvalue weighted by atomic mass is 10.1. The average Bonchev–Trinajstić information content (AvgIpc) is 2.37. The highest BCUT2D eigenvalue weighted by atomic mass is 16.5. The Hall–Kier alpha value is -2.02. The fraction of sp³-hybridized carbons (Fsp3) is 0.385. The minimum absolute atomic E-state index is 0.0594. The highest BCUT2D eigenvalue weighted by Crippen LogP contribution is 2.33. The average molecular weight is 230 g/mol. The van der Waals surface area contributed by atoms with Crippen molar-refractivity contribution >= 4 is 11.6 Å². The van der Waals surface area contributed by atoms with Gasteiger partial charge >= 0.3 is 0 Å². The first kappa shape index (κ1) is 11.5. The number of hydrogen-bond acceptors (Lipinski definition) is 3. The number of amides is 1. The molecule has 4 nitrogen and oxygen atoms in total. The quantitative estimate of drug-likeness (QED) is 0.796. The van der Waals surface area contributed by atoms with Crippen LogP contribution in [0.15, 0.2) is 18.2 Å². The SMILES string of the molecule is CCc1ccc2c(c1)N(CCC#N)C(=O)CO2. The van der Waals surface area contributed by atoms with E-state index in [1.165, 1.54) is 0 Å². The maximum atomic E-state index is 11.8. The molecule has 1 aliphatic rings.